The smallest absolute Gasteiger partial charge is 0.253 e. The number of nitrogens with one attached hydrogen (secondary N) is 1. The Kier molecular flexibility index (Phi) is 6.11. The second-order valence-corrected chi connectivity index (χ2v) is 7.08. The van der Waals surface area contributed by atoms with Crippen LogP contribution in [0, 0.1) is 0 Å². The molecule has 0 atom stereocenters. The Labute approximate surface area is 143 Å². The topological polar surface area (TPSA) is 66.5 Å². The Balaban J connectivity index is 2.12. The Hall–Kier alpha value is -2.18. The number of hydrogen-bond donors (Lipinski definition) is 1. The molecule has 0 spiro atoms. The first-order valence-electron chi connectivity index (χ1n) is 7.91. The molecule has 0 heterocycles. The molecule has 0 bridgehead atoms. The molecule has 24 heavy (non-hydrogen) atoms. The number of hydrogen-bond acceptors (Lipinski definition) is 3. The lowest BCUT2D eigenvalue weighted by molar-refractivity contribution is 0.0773. The van der Waals surface area contributed by atoms with Crippen molar-refractivity contribution in [3.63, 3.8) is 0 Å². The van der Waals surface area contributed by atoms with Crippen molar-refractivity contribution in [3.8, 4) is 0 Å². The van der Waals surface area contributed by atoms with Gasteiger partial charge in [0.05, 0.1) is 4.90 Å². The van der Waals surface area contributed by atoms with Crippen LogP contribution in [0.3, 0.4) is 0 Å². The molecule has 0 unspecified atom stereocenters. The van der Waals surface area contributed by atoms with Gasteiger partial charge in [0.25, 0.3) is 5.91 Å². The summed E-state index contributed by atoms with van der Waals surface area (Å²) in [6.07, 6.45) is 0. The average Bonchev–Trinajstić information content (AvgIpc) is 2.62. The van der Waals surface area contributed by atoms with Crippen LogP contribution < -0.4 is 4.72 Å². The highest BCUT2D eigenvalue weighted by Gasteiger charge is 2.15. The molecule has 0 aliphatic heterocycles. The number of carbonyl (C=O) groups is 1. The fraction of sp³-hybridized carbons (Fsp3) is 0.278. The van der Waals surface area contributed by atoms with Crippen molar-refractivity contribution in [1.29, 1.82) is 0 Å². The second kappa shape index (κ2) is 8.08. The Morgan fingerprint density at radius 2 is 1.67 bits per heavy atom. The van der Waals surface area contributed by atoms with Crippen molar-refractivity contribution < 1.29 is 13.2 Å². The van der Waals surface area contributed by atoms with Gasteiger partial charge in [-0.3, -0.25) is 4.79 Å². The largest absolute Gasteiger partial charge is 0.339 e. The van der Waals surface area contributed by atoms with E-state index in [1.165, 1.54) is 0 Å². The minimum Gasteiger partial charge on any atom is -0.339 e. The van der Waals surface area contributed by atoms with Gasteiger partial charge in [0.15, 0.2) is 0 Å². The van der Waals surface area contributed by atoms with Crippen LogP contribution in [-0.2, 0) is 16.6 Å². The molecule has 0 radical (unpaired) electrons. The number of carbonyl (C=O) groups excluding carboxylic acids is 1. The van der Waals surface area contributed by atoms with E-state index in [4.69, 9.17) is 0 Å². The molecular formula is C18H22N2O3S. The van der Waals surface area contributed by atoms with Crippen LogP contribution in [0.4, 0.5) is 0 Å². The van der Waals surface area contributed by atoms with Crippen molar-refractivity contribution in [2.75, 3.05) is 13.1 Å². The lowest BCUT2D eigenvalue weighted by atomic mass is 10.1. The summed E-state index contributed by atoms with van der Waals surface area (Å²) in [5.41, 5.74) is 1.31. The lowest BCUT2D eigenvalue weighted by Crippen LogP contribution is -2.30. The van der Waals surface area contributed by atoms with E-state index in [2.05, 4.69) is 4.72 Å². The summed E-state index contributed by atoms with van der Waals surface area (Å²) < 4.78 is 27.0. The molecule has 1 N–H and O–H groups in total. The highest BCUT2D eigenvalue weighted by Crippen LogP contribution is 2.11. The van der Waals surface area contributed by atoms with Gasteiger partial charge in [-0.1, -0.05) is 30.3 Å². The summed E-state index contributed by atoms with van der Waals surface area (Å²) in [6, 6.07) is 15.3. The summed E-state index contributed by atoms with van der Waals surface area (Å²) in [5.74, 6) is -0.0484. The van der Waals surface area contributed by atoms with Gasteiger partial charge in [0, 0.05) is 25.2 Å². The maximum Gasteiger partial charge on any atom is 0.253 e. The number of rotatable bonds is 7. The van der Waals surface area contributed by atoms with Gasteiger partial charge in [-0.15, -0.1) is 0 Å². The molecule has 2 aromatic carbocycles. The highest BCUT2D eigenvalue weighted by molar-refractivity contribution is 7.89. The molecule has 1 amide bonds. The molecule has 2 rings (SSSR count). The third kappa shape index (κ3) is 4.43. The van der Waals surface area contributed by atoms with Crippen molar-refractivity contribution in [2.45, 2.75) is 25.3 Å². The number of benzene rings is 2. The molecule has 128 valence electrons. The maximum absolute atomic E-state index is 12.4. The predicted molar refractivity (Wildman–Crippen MR) is 94.2 cm³/mol. The van der Waals surface area contributed by atoms with Gasteiger partial charge in [-0.2, -0.15) is 0 Å². The van der Waals surface area contributed by atoms with E-state index in [-0.39, 0.29) is 17.3 Å². The van der Waals surface area contributed by atoms with Crippen LogP contribution in [0.1, 0.15) is 29.8 Å². The van der Waals surface area contributed by atoms with Crippen molar-refractivity contribution in [1.82, 2.24) is 9.62 Å². The molecule has 6 heteroatoms. The summed E-state index contributed by atoms with van der Waals surface area (Å²) in [4.78, 5) is 14.3. The maximum atomic E-state index is 12.4. The Bertz CT molecular complexity index is 785. The first kappa shape index (κ1) is 18.2. The van der Waals surface area contributed by atoms with Crippen LogP contribution in [0.5, 0.6) is 0 Å². The van der Waals surface area contributed by atoms with Crippen molar-refractivity contribution in [3.05, 3.63) is 65.7 Å². The van der Waals surface area contributed by atoms with Crippen LogP contribution >= 0.6 is 0 Å². The zero-order valence-electron chi connectivity index (χ0n) is 13.9. The zero-order chi connectivity index (χ0) is 17.6. The summed E-state index contributed by atoms with van der Waals surface area (Å²) in [6.45, 7) is 5.27. The first-order valence-corrected chi connectivity index (χ1v) is 9.39. The second-order valence-electron chi connectivity index (χ2n) is 5.32. The van der Waals surface area contributed by atoms with E-state index in [9.17, 15) is 13.2 Å². The minimum atomic E-state index is -3.56. The average molecular weight is 346 g/mol. The monoisotopic (exact) mass is 346 g/mol. The number of nitrogens with zero attached hydrogens (tertiary/aromatic N) is 1. The summed E-state index contributed by atoms with van der Waals surface area (Å²) in [7, 11) is -3.56. The van der Waals surface area contributed by atoms with E-state index >= 15 is 0 Å². The molecule has 5 nitrogen and oxygen atoms in total. The van der Waals surface area contributed by atoms with Gasteiger partial charge in [-0.25, -0.2) is 13.1 Å². The molecule has 0 aliphatic rings. The molecule has 2 aromatic rings. The minimum absolute atomic E-state index is 0.0484. The van der Waals surface area contributed by atoms with Gasteiger partial charge in [0.2, 0.25) is 10.0 Å². The van der Waals surface area contributed by atoms with E-state index in [0.29, 0.717) is 18.7 Å². The van der Waals surface area contributed by atoms with Gasteiger partial charge < -0.3 is 4.90 Å². The van der Waals surface area contributed by atoms with Crippen molar-refractivity contribution in [2.24, 2.45) is 0 Å². The Morgan fingerprint density at radius 3 is 2.29 bits per heavy atom. The van der Waals surface area contributed by atoms with Crippen LogP contribution in [0.15, 0.2) is 59.5 Å². The summed E-state index contributed by atoms with van der Waals surface area (Å²) >= 11 is 0. The molecular weight excluding hydrogens is 324 g/mol. The molecule has 0 aromatic heterocycles. The SMILES string of the molecule is CCN(CC)C(=O)c1cccc(CNS(=O)(=O)c2ccccc2)c1. The lowest BCUT2D eigenvalue weighted by Gasteiger charge is -2.19. The molecule has 0 fully saturated rings. The molecule has 0 saturated heterocycles. The highest BCUT2D eigenvalue weighted by atomic mass is 32.2. The fourth-order valence-electron chi connectivity index (χ4n) is 2.37. The standard InChI is InChI=1S/C18H22N2O3S/c1-3-20(4-2)18(21)16-10-8-9-15(13-16)14-19-24(22,23)17-11-6-5-7-12-17/h5-13,19H,3-4,14H2,1-2H3. The fourth-order valence-corrected chi connectivity index (χ4v) is 3.41. The third-order valence-electron chi connectivity index (χ3n) is 3.74. The predicted octanol–water partition coefficient (Wildman–Crippen LogP) is 2.65. The van der Waals surface area contributed by atoms with E-state index < -0.39 is 10.0 Å². The van der Waals surface area contributed by atoms with Crippen LogP contribution in [0.25, 0.3) is 0 Å². The quantitative estimate of drug-likeness (QED) is 0.838. The third-order valence-corrected chi connectivity index (χ3v) is 5.16. The van der Waals surface area contributed by atoms with Gasteiger partial charge >= 0.3 is 0 Å². The normalized spacial score (nSPS) is 11.2. The molecule has 0 saturated carbocycles. The first-order chi connectivity index (χ1) is 11.5. The van der Waals surface area contributed by atoms with Gasteiger partial charge in [-0.05, 0) is 43.7 Å². The number of amides is 1. The van der Waals surface area contributed by atoms with Crippen molar-refractivity contribution >= 4 is 15.9 Å². The Morgan fingerprint density at radius 1 is 1.00 bits per heavy atom. The van der Waals surface area contributed by atoms with Crippen LogP contribution in [0.2, 0.25) is 0 Å². The summed E-state index contributed by atoms with van der Waals surface area (Å²) in [5, 5.41) is 0. The van der Waals surface area contributed by atoms with E-state index in [0.717, 1.165) is 5.56 Å². The molecule has 0 aliphatic carbocycles. The van der Waals surface area contributed by atoms with Crippen LogP contribution in [-0.4, -0.2) is 32.3 Å². The number of sulfonamides is 1. The van der Waals surface area contributed by atoms with Gasteiger partial charge in [0.1, 0.15) is 0 Å². The van der Waals surface area contributed by atoms with E-state index in [1.807, 2.05) is 13.8 Å². The van der Waals surface area contributed by atoms with E-state index in [1.54, 1.807) is 59.5 Å². The zero-order valence-corrected chi connectivity index (χ0v) is 14.7.